The number of nitrogens with two attached hydrogens (primary N) is 1. The highest BCUT2D eigenvalue weighted by Gasteiger charge is 2.15. The van der Waals surface area contributed by atoms with E-state index in [-0.39, 0.29) is 0 Å². The second kappa shape index (κ2) is 6.15. The molecule has 1 heterocycles. The van der Waals surface area contributed by atoms with Gasteiger partial charge in [-0.2, -0.15) is 11.8 Å². The van der Waals surface area contributed by atoms with Gasteiger partial charge in [0.2, 0.25) is 0 Å². The molecule has 0 radical (unpaired) electrons. The molecular weight excluding hydrogens is 254 g/mol. The maximum absolute atomic E-state index is 6.04. The zero-order valence-electron chi connectivity index (χ0n) is 11.8. The predicted molar refractivity (Wildman–Crippen MR) is 87.0 cm³/mol. The molecule has 2 N–H and O–H groups in total. The molecule has 0 fully saturated rings. The summed E-state index contributed by atoms with van der Waals surface area (Å²) < 4.78 is 0. The molecule has 3 nitrogen and oxygen atoms in total. The van der Waals surface area contributed by atoms with E-state index in [4.69, 9.17) is 5.73 Å². The smallest absolute Gasteiger partial charge is 0.0463 e. The van der Waals surface area contributed by atoms with Crippen LogP contribution in [0.2, 0.25) is 0 Å². The van der Waals surface area contributed by atoms with E-state index in [1.165, 1.54) is 5.69 Å². The third kappa shape index (κ3) is 2.78. The Balaban J connectivity index is 2.47. The van der Waals surface area contributed by atoms with Crippen LogP contribution in [0.15, 0.2) is 30.6 Å². The molecule has 1 atom stereocenters. The first-order valence-electron chi connectivity index (χ1n) is 6.53. The summed E-state index contributed by atoms with van der Waals surface area (Å²) in [6.07, 6.45) is 6.98. The predicted octanol–water partition coefficient (Wildman–Crippen LogP) is 3.39. The van der Waals surface area contributed by atoms with E-state index >= 15 is 0 Å². The number of rotatable bonds is 5. The van der Waals surface area contributed by atoms with Gasteiger partial charge in [0.05, 0.1) is 0 Å². The van der Waals surface area contributed by atoms with Gasteiger partial charge in [0.25, 0.3) is 0 Å². The molecule has 0 aliphatic heterocycles. The maximum Gasteiger partial charge on any atom is 0.0463 e. The monoisotopic (exact) mass is 275 g/mol. The number of aromatic nitrogens is 1. The van der Waals surface area contributed by atoms with Crippen LogP contribution >= 0.6 is 11.8 Å². The van der Waals surface area contributed by atoms with E-state index in [0.717, 1.165) is 28.6 Å². The quantitative estimate of drug-likeness (QED) is 0.849. The van der Waals surface area contributed by atoms with Crippen LogP contribution in [-0.2, 0) is 0 Å². The van der Waals surface area contributed by atoms with Crippen molar-refractivity contribution in [1.82, 2.24) is 4.98 Å². The Kier molecular flexibility index (Phi) is 4.53. The largest absolute Gasteiger partial charge is 0.398 e. The second-order valence-corrected chi connectivity index (χ2v) is 5.63. The summed E-state index contributed by atoms with van der Waals surface area (Å²) in [5, 5.41) is 2.21. The Morgan fingerprint density at radius 3 is 2.79 bits per heavy atom. The Morgan fingerprint density at radius 1 is 1.32 bits per heavy atom. The molecular formula is C15H21N3S. The molecule has 1 aromatic heterocycles. The molecule has 4 heteroatoms. The summed E-state index contributed by atoms with van der Waals surface area (Å²) in [4.78, 5) is 6.59. The van der Waals surface area contributed by atoms with E-state index < -0.39 is 0 Å². The molecule has 0 saturated heterocycles. The van der Waals surface area contributed by atoms with Crippen LogP contribution in [0.4, 0.5) is 11.4 Å². The first kappa shape index (κ1) is 14.0. The van der Waals surface area contributed by atoms with Crippen molar-refractivity contribution in [3.63, 3.8) is 0 Å². The zero-order chi connectivity index (χ0) is 13.8. The Morgan fingerprint density at radius 2 is 2.11 bits per heavy atom. The second-order valence-electron chi connectivity index (χ2n) is 4.72. The maximum atomic E-state index is 6.04. The molecule has 102 valence electrons. The van der Waals surface area contributed by atoms with Crippen LogP contribution in [0.25, 0.3) is 10.8 Å². The van der Waals surface area contributed by atoms with Crippen molar-refractivity contribution in [2.24, 2.45) is 0 Å². The molecule has 0 spiro atoms. The lowest BCUT2D eigenvalue weighted by Gasteiger charge is -2.30. The van der Waals surface area contributed by atoms with Crippen LogP contribution in [0.5, 0.6) is 0 Å². The SMILES string of the molecule is CCC(CSC)N(C)c1ccc(N)c2ccncc12. The highest BCUT2D eigenvalue weighted by molar-refractivity contribution is 7.98. The van der Waals surface area contributed by atoms with Crippen molar-refractivity contribution in [1.29, 1.82) is 0 Å². The van der Waals surface area contributed by atoms with Crippen LogP contribution in [-0.4, -0.2) is 30.1 Å². The van der Waals surface area contributed by atoms with Crippen molar-refractivity contribution in [2.75, 3.05) is 29.7 Å². The normalized spacial score (nSPS) is 12.6. The Labute approximate surface area is 119 Å². The molecule has 0 bridgehead atoms. The number of nitrogen functional groups attached to an aromatic ring is 1. The zero-order valence-corrected chi connectivity index (χ0v) is 12.6. The van der Waals surface area contributed by atoms with Crippen molar-refractivity contribution < 1.29 is 0 Å². The topological polar surface area (TPSA) is 42.1 Å². The number of anilines is 2. The van der Waals surface area contributed by atoms with Gasteiger partial charge in [0.1, 0.15) is 0 Å². The van der Waals surface area contributed by atoms with Gasteiger partial charge in [-0.1, -0.05) is 6.92 Å². The minimum atomic E-state index is 0.530. The summed E-state index contributed by atoms with van der Waals surface area (Å²) in [6.45, 7) is 2.23. The molecule has 0 aliphatic rings. The molecule has 0 aliphatic carbocycles. The Hall–Kier alpha value is -1.42. The van der Waals surface area contributed by atoms with Gasteiger partial charge in [-0.25, -0.2) is 0 Å². The number of fused-ring (bicyclic) bond motifs is 1. The van der Waals surface area contributed by atoms with Gasteiger partial charge in [-0.15, -0.1) is 0 Å². The Bertz CT molecular complexity index is 556. The van der Waals surface area contributed by atoms with E-state index in [1.807, 2.05) is 30.1 Å². The van der Waals surface area contributed by atoms with Gasteiger partial charge in [-0.3, -0.25) is 4.98 Å². The molecule has 2 aromatic rings. The number of thioether (sulfide) groups is 1. The standard InChI is InChI=1S/C15H21N3S/c1-4-11(10-19-3)18(2)15-6-5-14(16)12-7-8-17-9-13(12)15/h5-9,11H,4,10,16H2,1-3H3. The number of nitrogens with zero attached hydrogens (tertiary/aromatic N) is 2. The summed E-state index contributed by atoms with van der Waals surface area (Å²) in [5.74, 6) is 1.12. The van der Waals surface area contributed by atoms with Gasteiger partial charge in [-0.05, 0) is 30.9 Å². The molecule has 0 amide bonds. The van der Waals surface area contributed by atoms with Crippen molar-refractivity contribution >= 4 is 33.9 Å². The van der Waals surface area contributed by atoms with Gasteiger partial charge >= 0.3 is 0 Å². The average Bonchev–Trinajstić information content (AvgIpc) is 2.45. The summed E-state index contributed by atoms with van der Waals surface area (Å²) in [5.41, 5.74) is 8.06. The highest BCUT2D eigenvalue weighted by atomic mass is 32.2. The summed E-state index contributed by atoms with van der Waals surface area (Å²) in [7, 11) is 2.16. The minimum Gasteiger partial charge on any atom is -0.398 e. The fourth-order valence-corrected chi connectivity index (χ4v) is 3.24. The van der Waals surface area contributed by atoms with Gasteiger partial charge in [0, 0.05) is 53.4 Å². The molecule has 2 rings (SSSR count). The lowest BCUT2D eigenvalue weighted by Crippen LogP contribution is -2.33. The van der Waals surface area contributed by atoms with E-state index in [0.29, 0.717) is 6.04 Å². The fourth-order valence-electron chi connectivity index (χ4n) is 2.40. The van der Waals surface area contributed by atoms with Crippen LogP contribution in [0.3, 0.4) is 0 Å². The third-order valence-corrected chi connectivity index (χ3v) is 4.30. The highest BCUT2D eigenvalue weighted by Crippen LogP contribution is 2.31. The van der Waals surface area contributed by atoms with Crippen LogP contribution in [0.1, 0.15) is 13.3 Å². The van der Waals surface area contributed by atoms with Crippen LogP contribution < -0.4 is 10.6 Å². The lowest BCUT2D eigenvalue weighted by atomic mass is 10.1. The number of pyridine rings is 1. The first-order chi connectivity index (χ1) is 9.19. The van der Waals surface area contributed by atoms with Gasteiger partial charge < -0.3 is 10.6 Å². The van der Waals surface area contributed by atoms with E-state index in [2.05, 4.69) is 36.2 Å². The van der Waals surface area contributed by atoms with Crippen molar-refractivity contribution in [3.05, 3.63) is 30.6 Å². The van der Waals surface area contributed by atoms with Gasteiger partial charge in [0.15, 0.2) is 0 Å². The molecule has 1 aromatic carbocycles. The summed E-state index contributed by atoms with van der Waals surface area (Å²) in [6, 6.07) is 6.60. The fraction of sp³-hybridized carbons (Fsp3) is 0.400. The van der Waals surface area contributed by atoms with E-state index in [9.17, 15) is 0 Å². The minimum absolute atomic E-state index is 0.530. The number of hydrogen-bond acceptors (Lipinski definition) is 4. The first-order valence-corrected chi connectivity index (χ1v) is 7.92. The molecule has 1 unspecified atom stereocenters. The molecule has 19 heavy (non-hydrogen) atoms. The van der Waals surface area contributed by atoms with Crippen molar-refractivity contribution in [3.8, 4) is 0 Å². The van der Waals surface area contributed by atoms with Crippen LogP contribution in [0, 0.1) is 0 Å². The number of benzene rings is 1. The summed E-state index contributed by atoms with van der Waals surface area (Å²) >= 11 is 1.88. The van der Waals surface area contributed by atoms with Crippen molar-refractivity contribution in [2.45, 2.75) is 19.4 Å². The third-order valence-electron chi connectivity index (χ3n) is 3.59. The molecule has 0 saturated carbocycles. The number of hydrogen-bond donors (Lipinski definition) is 1. The average molecular weight is 275 g/mol. The van der Waals surface area contributed by atoms with E-state index in [1.54, 1.807) is 6.20 Å². The lowest BCUT2D eigenvalue weighted by molar-refractivity contribution is 0.675.